The molecule has 4 nitrogen and oxygen atoms in total. The van der Waals surface area contributed by atoms with Gasteiger partial charge in [-0.15, -0.1) is 0 Å². The lowest BCUT2D eigenvalue weighted by atomic mass is 10.3. The molecule has 0 aromatic rings. The number of carbonyl (C=O) groups excluding carboxylic acids is 1. The van der Waals surface area contributed by atoms with Crippen molar-refractivity contribution in [3.63, 3.8) is 0 Å². The Bertz CT molecular complexity index is 243. The number of rotatable bonds is 9. The van der Waals surface area contributed by atoms with Crippen LogP contribution in [0.3, 0.4) is 0 Å². The Hall–Kier alpha value is -0.653. The molecule has 0 radical (unpaired) electrons. The number of carbonyl (C=O) groups is 1. The predicted octanol–water partition coefficient (Wildman–Crippen LogP) is 2.56. The summed E-state index contributed by atoms with van der Waals surface area (Å²) in [7, 11) is -1.68. The normalized spacial score (nSPS) is 13.1. The van der Waals surface area contributed by atoms with Crippen molar-refractivity contribution < 1.29 is 18.4 Å². The number of hydrogen-bond acceptors (Lipinski definition) is 4. The molecular formula is C13H26O4Si. The highest BCUT2D eigenvalue weighted by Gasteiger charge is 2.19. The van der Waals surface area contributed by atoms with Crippen LogP contribution in [0.15, 0.2) is 12.7 Å². The van der Waals surface area contributed by atoms with E-state index in [2.05, 4.69) is 6.58 Å². The van der Waals surface area contributed by atoms with Crippen molar-refractivity contribution in [1.29, 1.82) is 0 Å². The van der Waals surface area contributed by atoms with Crippen LogP contribution in [0.4, 0.5) is 0 Å². The highest BCUT2D eigenvalue weighted by atomic mass is 28.3. The van der Waals surface area contributed by atoms with E-state index in [1.807, 2.05) is 34.6 Å². The standard InChI is InChI=1S/C13H26O4Si/c1-7-13(14)15-12(6)8-9-18(16-10(2)3)17-11(4)5/h7,10-12,18H,1,8-9H2,2-6H3. The molecule has 5 heteroatoms. The van der Waals surface area contributed by atoms with Gasteiger partial charge in [0.25, 0.3) is 0 Å². The average Bonchev–Trinajstić information content (AvgIpc) is 2.24. The zero-order chi connectivity index (χ0) is 14.1. The molecule has 106 valence electrons. The van der Waals surface area contributed by atoms with Gasteiger partial charge in [-0.3, -0.25) is 0 Å². The number of hydrogen-bond donors (Lipinski definition) is 0. The topological polar surface area (TPSA) is 44.8 Å². The Kier molecular flexibility index (Phi) is 8.96. The lowest BCUT2D eigenvalue weighted by Gasteiger charge is -2.22. The van der Waals surface area contributed by atoms with E-state index in [0.29, 0.717) is 0 Å². The van der Waals surface area contributed by atoms with Gasteiger partial charge in [0, 0.05) is 18.3 Å². The van der Waals surface area contributed by atoms with Crippen LogP contribution in [0.25, 0.3) is 0 Å². The molecule has 0 aliphatic carbocycles. The molecular weight excluding hydrogens is 248 g/mol. The minimum absolute atomic E-state index is 0.128. The molecule has 0 rings (SSSR count). The van der Waals surface area contributed by atoms with Crippen molar-refractivity contribution in [3.8, 4) is 0 Å². The highest BCUT2D eigenvalue weighted by molar-refractivity contribution is 6.44. The molecule has 1 unspecified atom stereocenters. The zero-order valence-electron chi connectivity index (χ0n) is 12.1. The number of esters is 1. The Morgan fingerprint density at radius 3 is 2.06 bits per heavy atom. The quantitative estimate of drug-likeness (QED) is 0.368. The van der Waals surface area contributed by atoms with E-state index in [4.69, 9.17) is 13.6 Å². The molecule has 0 heterocycles. The molecule has 18 heavy (non-hydrogen) atoms. The van der Waals surface area contributed by atoms with Gasteiger partial charge < -0.3 is 13.6 Å². The van der Waals surface area contributed by atoms with E-state index in [1.165, 1.54) is 6.08 Å². The van der Waals surface area contributed by atoms with Gasteiger partial charge in [-0.05, 0) is 47.1 Å². The fourth-order valence-electron chi connectivity index (χ4n) is 1.45. The third kappa shape index (κ3) is 9.38. The third-order valence-electron chi connectivity index (χ3n) is 2.14. The summed E-state index contributed by atoms with van der Waals surface area (Å²) in [4.78, 5) is 11.0. The van der Waals surface area contributed by atoms with E-state index in [1.54, 1.807) is 0 Å². The van der Waals surface area contributed by atoms with Crippen molar-refractivity contribution in [1.82, 2.24) is 0 Å². The zero-order valence-corrected chi connectivity index (χ0v) is 13.3. The maximum Gasteiger partial charge on any atom is 0.330 e. The molecule has 0 aromatic carbocycles. The first kappa shape index (κ1) is 17.3. The van der Waals surface area contributed by atoms with E-state index >= 15 is 0 Å². The maximum atomic E-state index is 11.0. The minimum Gasteiger partial charge on any atom is -0.460 e. The summed E-state index contributed by atoms with van der Waals surface area (Å²) in [5.41, 5.74) is 0. The van der Waals surface area contributed by atoms with Gasteiger partial charge in [0.2, 0.25) is 0 Å². The Morgan fingerprint density at radius 1 is 1.17 bits per heavy atom. The molecule has 0 aliphatic heterocycles. The van der Waals surface area contributed by atoms with Crippen LogP contribution in [0.5, 0.6) is 0 Å². The van der Waals surface area contributed by atoms with Crippen LogP contribution >= 0.6 is 0 Å². The van der Waals surface area contributed by atoms with E-state index in [9.17, 15) is 4.79 Å². The second-order valence-electron chi connectivity index (χ2n) is 4.83. The van der Waals surface area contributed by atoms with Crippen molar-refractivity contribution in [2.45, 2.75) is 65.4 Å². The van der Waals surface area contributed by atoms with Crippen LogP contribution in [-0.4, -0.2) is 33.6 Å². The summed E-state index contributed by atoms with van der Waals surface area (Å²) in [6.45, 7) is 13.3. The molecule has 0 amide bonds. The maximum absolute atomic E-state index is 11.0. The van der Waals surface area contributed by atoms with Crippen LogP contribution < -0.4 is 0 Å². The van der Waals surface area contributed by atoms with E-state index in [-0.39, 0.29) is 24.3 Å². The highest BCUT2D eigenvalue weighted by Crippen LogP contribution is 2.11. The molecule has 0 spiro atoms. The summed E-state index contributed by atoms with van der Waals surface area (Å²) in [5, 5.41) is 0. The third-order valence-corrected chi connectivity index (χ3v) is 4.64. The van der Waals surface area contributed by atoms with Gasteiger partial charge in [-0.1, -0.05) is 6.58 Å². The first-order valence-corrected chi connectivity index (χ1v) is 8.25. The fraction of sp³-hybridized carbons (Fsp3) is 0.769. The van der Waals surface area contributed by atoms with Gasteiger partial charge >= 0.3 is 15.3 Å². The smallest absolute Gasteiger partial charge is 0.330 e. The predicted molar refractivity (Wildman–Crippen MR) is 74.8 cm³/mol. The average molecular weight is 274 g/mol. The van der Waals surface area contributed by atoms with Gasteiger partial charge in [-0.25, -0.2) is 4.79 Å². The molecule has 0 saturated carbocycles. The largest absolute Gasteiger partial charge is 0.460 e. The molecule has 1 atom stereocenters. The number of ether oxygens (including phenoxy) is 1. The van der Waals surface area contributed by atoms with E-state index < -0.39 is 9.28 Å². The fourth-order valence-corrected chi connectivity index (χ4v) is 3.74. The van der Waals surface area contributed by atoms with Gasteiger partial charge in [0.05, 0.1) is 6.10 Å². The van der Waals surface area contributed by atoms with E-state index in [0.717, 1.165) is 12.5 Å². The summed E-state index contributed by atoms with van der Waals surface area (Å²) in [6, 6.07) is 0.835. The molecule has 0 bridgehead atoms. The Morgan fingerprint density at radius 2 is 1.67 bits per heavy atom. The molecule has 0 fully saturated rings. The molecule has 0 N–H and O–H groups in total. The monoisotopic (exact) mass is 274 g/mol. The van der Waals surface area contributed by atoms with Crippen molar-refractivity contribution in [2.75, 3.05) is 0 Å². The van der Waals surface area contributed by atoms with Gasteiger partial charge in [0.1, 0.15) is 0 Å². The molecule has 0 saturated heterocycles. The lowest BCUT2D eigenvalue weighted by molar-refractivity contribution is -0.142. The van der Waals surface area contributed by atoms with Crippen LogP contribution in [0.2, 0.25) is 6.04 Å². The van der Waals surface area contributed by atoms with Crippen molar-refractivity contribution >= 4 is 15.3 Å². The summed E-state index contributed by atoms with van der Waals surface area (Å²) in [5.74, 6) is -0.379. The van der Waals surface area contributed by atoms with Crippen molar-refractivity contribution in [2.24, 2.45) is 0 Å². The van der Waals surface area contributed by atoms with Crippen LogP contribution in [0, 0.1) is 0 Å². The molecule has 0 aliphatic rings. The second-order valence-corrected chi connectivity index (χ2v) is 6.81. The summed E-state index contributed by atoms with van der Waals surface area (Å²) in [6.07, 6.45) is 2.16. The first-order valence-electron chi connectivity index (χ1n) is 6.49. The van der Waals surface area contributed by atoms with Gasteiger partial charge in [-0.2, -0.15) is 0 Å². The summed E-state index contributed by atoms with van der Waals surface area (Å²) >= 11 is 0. The first-order chi connectivity index (χ1) is 8.35. The minimum atomic E-state index is -1.68. The SMILES string of the molecule is C=CC(=O)OC(C)CC[SiH](OC(C)C)OC(C)C. The Balaban J connectivity index is 4.07. The summed E-state index contributed by atoms with van der Waals surface area (Å²) < 4.78 is 16.7. The lowest BCUT2D eigenvalue weighted by Crippen LogP contribution is -2.30. The van der Waals surface area contributed by atoms with Crippen molar-refractivity contribution in [3.05, 3.63) is 12.7 Å². The van der Waals surface area contributed by atoms with Crippen LogP contribution in [-0.2, 0) is 18.4 Å². The Labute approximate surface area is 112 Å². The van der Waals surface area contributed by atoms with Gasteiger partial charge in [0.15, 0.2) is 0 Å². The molecule has 0 aromatic heterocycles. The second kappa shape index (κ2) is 9.30. The van der Waals surface area contributed by atoms with Crippen LogP contribution in [0.1, 0.15) is 41.0 Å².